The maximum atomic E-state index is 12.2. The molecule has 1 unspecified atom stereocenters. The molecule has 2 aromatic rings. The van der Waals surface area contributed by atoms with Gasteiger partial charge < -0.3 is 15.2 Å². The summed E-state index contributed by atoms with van der Waals surface area (Å²) in [5, 5.41) is 11.6. The summed E-state index contributed by atoms with van der Waals surface area (Å²) >= 11 is 0. The van der Waals surface area contributed by atoms with Crippen LogP contribution >= 0.6 is 0 Å². The molecule has 0 saturated heterocycles. The predicted octanol–water partition coefficient (Wildman–Crippen LogP) is 2.59. The van der Waals surface area contributed by atoms with Gasteiger partial charge in [0.25, 0.3) is 0 Å². The van der Waals surface area contributed by atoms with Crippen molar-refractivity contribution in [2.24, 2.45) is 0 Å². The molecule has 0 heterocycles. The summed E-state index contributed by atoms with van der Waals surface area (Å²) in [5.74, 6) is -0.826. The second kappa shape index (κ2) is 8.43. The van der Waals surface area contributed by atoms with Crippen molar-refractivity contribution in [1.29, 1.82) is 0 Å². The topological polar surface area (TPSA) is 92.7 Å². The normalized spacial score (nSPS) is 11.6. The number of aryl methyl sites for hydroxylation is 1. The molecule has 0 saturated carbocycles. The summed E-state index contributed by atoms with van der Waals surface area (Å²) in [6.45, 7) is 1.90. The third kappa shape index (κ3) is 5.42. The van der Waals surface area contributed by atoms with Gasteiger partial charge in [-0.3, -0.25) is 9.00 Å². The number of hydrogen-bond acceptors (Lipinski definition) is 4. The molecule has 0 aliphatic heterocycles. The fraction of sp³-hybridized carbons (Fsp3) is 0.222. The highest BCUT2D eigenvalue weighted by Gasteiger charge is 2.12. The van der Waals surface area contributed by atoms with Gasteiger partial charge in [0.1, 0.15) is 11.5 Å². The van der Waals surface area contributed by atoms with Crippen LogP contribution in [0.3, 0.4) is 0 Å². The fourth-order valence-electron chi connectivity index (χ4n) is 2.23. The number of nitrogens with one attached hydrogen (secondary N) is 1. The SMILES string of the molecule is COc1ccc(C)cc1NC(=O)CS(=O)Cc1ccc(C(=O)O)cc1. The van der Waals surface area contributed by atoms with Crippen LogP contribution in [-0.4, -0.2) is 34.1 Å². The zero-order valence-corrected chi connectivity index (χ0v) is 14.8. The predicted molar refractivity (Wildman–Crippen MR) is 96.5 cm³/mol. The molecule has 7 heteroatoms. The van der Waals surface area contributed by atoms with Crippen LogP contribution in [0, 0.1) is 6.92 Å². The Labute approximate surface area is 148 Å². The Bertz CT molecular complexity index is 802. The van der Waals surface area contributed by atoms with E-state index in [2.05, 4.69) is 5.32 Å². The minimum atomic E-state index is -1.41. The van der Waals surface area contributed by atoms with E-state index in [0.717, 1.165) is 5.56 Å². The number of rotatable bonds is 7. The highest BCUT2D eigenvalue weighted by Crippen LogP contribution is 2.25. The molecule has 0 bridgehead atoms. The Balaban J connectivity index is 1.95. The molecule has 1 amide bonds. The van der Waals surface area contributed by atoms with Crippen LogP contribution in [0.4, 0.5) is 5.69 Å². The van der Waals surface area contributed by atoms with Crippen molar-refractivity contribution in [3.05, 3.63) is 59.2 Å². The summed E-state index contributed by atoms with van der Waals surface area (Å²) in [7, 11) is 0.107. The Morgan fingerprint density at radius 3 is 2.44 bits per heavy atom. The van der Waals surface area contributed by atoms with Crippen molar-refractivity contribution in [3.8, 4) is 5.75 Å². The van der Waals surface area contributed by atoms with Gasteiger partial charge >= 0.3 is 5.97 Å². The van der Waals surface area contributed by atoms with Gasteiger partial charge in [-0.05, 0) is 42.3 Å². The third-order valence-corrected chi connectivity index (χ3v) is 4.69. The molecule has 2 aromatic carbocycles. The maximum Gasteiger partial charge on any atom is 0.335 e. The van der Waals surface area contributed by atoms with E-state index >= 15 is 0 Å². The number of benzene rings is 2. The highest BCUT2D eigenvalue weighted by atomic mass is 32.2. The maximum absolute atomic E-state index is 12.2. The van der Waals surface area contributed by atoms with Gasteiger partial charge in [-0.1, -0.05) is 18.2 Å². The number of hydrogen-bond donors (Lipinski definition) is 2. The fourth-order valence-corrected chi connectivity index (χ4v) is 3.26. The molecule has 6 nitrogen and oxygen atoms in total. The highest BCUT2D eigenvalue weighted by molar-refractivity contribution is 7.84. The van der Waals surface area contributed by atoms with Crippen LogP contribution < -0.4 is 10.1 Å². The molecule has 132 valence electrons. The molecule has 0 aromatic heterocycles. The lowest BCUT2D eigenvalue weighted by Crippen LogP contribution is -2.20. The van der Waals surface area contributed by atoms with Crippen LogP contribution in [-0.2, 0) is 21.3 Å². The molecule has 2 rings (SSSR count). The number of aromatic carboxylic acids is 1. The van der Waals surface area contributed by atoms with E-state index in [1.165, 1.54) is 19.2 Å². The second-order valence-electron chi connectivity index (χ2n) is 5.48. The summed E-state index contributed by atoms with van der Waals surface area (Å²) < 4.78 is 17.3. The van der Waals surface area contributed by atoms with E-state index in [1.54, 1.807) is 24.3 Å². The lowest BCUT2D eigenvalue weighted by Gasteiger charge is -2.11. The van der Waals surface area contributed by atoms with Gasteiger partial charge in [-0.25, -0.2) is 4.79 Å². The summed E-state index contributed by atoms with van der Waals surface area (Å²) in [5.41, 5.74) is 2.38. The van der Waals surface area contributed by atoms with E-state index in [9.17, 15) is 13.8 Å². The van der Waals surface area contributed by atoms with Crippen molar-refractivity contribution >= 4 is 28.4 Å². The zero-order valence-electron chi connectivity index (χ0n) is 13.9. The first-order valence-electron chi connectivity index (χ1n) is 7.50. The monoisotopic (exact) mass is 361 g/mol. The van der Waals surface area contributed by atoms with Gasteiger partial charge in [0.05, 0.1) is 18.4 Å². The first kappa shape index (κ1) is 18.7. The molecule has 0 radical (unpaired) electrons. The Kier molecular flexibility index (Phi) is 6.30. The minimum Gasteiger partial charge on any atom is -0.495 e. The largest absolute Gasteiger partial charge is 0.495 e. The smallest absolute Gasteiger partial charge is 0.335 e. The van der Waals surface area contributed by atoms with Crippen LogP contribution in [0.15, 0.2) is 42.5 Å². The average Bonchev–Trinajstić information content (AvgIpc) is 2.55. The van der Waals surface area contributed by atoms with E-state index in [0.29, 0.717) is 17.0 Å². The van der Waals surface area contributed by atoms with Crippen LogP contribution in [0.2, 0.25) is 0 Å². The number of anilines is 1. The van der Waals surface area contributed by atoms with E-state index in [4.69, 9.17) is 9.84 Å². The zero-order chi connectivity index (χ0) is 18.4. The van der Waals surface area contributed by atoms with Crippen molar-refractivity contribution < 1.29 is 23.6 Å². The number of carbonyl (C=O) groups is 2. The van der Waals surface area contributed by atoms with Gasteiger partial charge in [0, 0.05) is 16.6 Å². The standard InChI is InChI=1S/C18H19NO5S/c1-12-3-8-16(24-2)15(9-12)19-17(20)11-25(23)10-13-4-6-14(7-5-13)18(21)22/h3-9H,10-11H2,1-2H3,(H,19,20)(H,21,22). The average molecular weight is 361 g/mol. The number of methoxy groups -OCH3 is 1. The summed E-state index contributed by atoms with van der Waals surface area (Å²) in [6.07, 6.45) is 0. The lowest BCUT2D eigenvalue weighted by atomic mass is 10.1. The molecule has 25 heavy (non-hydrogen) atoms. The lowest BCUT2D eigenvalue weighted by molar-refractivity contribution is -0.113. The Morgan fingerprint density at radius 1 is 1.16 bits per heavy atom. The summed E-state index contributed by atoms with van der Waals surface area (Å²) in [6, 6.07) is 11.5. The van der Waals surface area contributed by atoms with E-state index in [1.807, 2.05) is 13.0 Å². The van der Waals surface area contributed by atoms with Crippen LogP contribution in [0.25, 0.3) is 0 Å². The van der Waals surface area contributed by atoms with E-state index in [-0.39, 0.29) is 23.0 Å². The summed E-state index contributed by atoms with van der Waals surface area (Å²) in [4.78, 5) is 22.9. The van der Waals surface area contributed by atoms with Gasteiger partial charge in [-0.15, -0.1) is 0 Å². The van der Waals surface area contributed by atoms with Gasteiger partial charge in [-0.2, -0.15) is 0 Å². The van der Waals surface area contributed by atoms with Crippen molar-refractivity contribution in [3.63, 3.8) is 0 Å². The van der Waals surface area contributed by atoms with Gasteiger partial charge in [0.2, 0.25) is 5.91 Å². The Morgan fingerprint density at radius 2 is 1.84 bits per heavy atom. The molecule has 0 spiro atoms. The first-order valence-corrected chi connectivity index (χ1v) is 8.99. The number of carbonyl (C=O) groups excluding carboxylic acids is 1. The first-order chi connectivity index (χ1) is 11.9. The van der Waals surface area contributed by atoms with Crippen molar-refractivity contribution in [2.45, 2.75) is 12.7 Å². The quantitative estimate of drug-likeness (QED) is 0.791. The van der Waals surface area contributed by atoms with Crippen molar-refractivity contribution in [1.82, 2.24) is 0 Å². The molecular formula is C18H19NO5S. The molecule has 0 aliphatic rings. The number of ether oxygens (including phenoxy) is 1. The number of amides is 1. The number of carboxylic acids is 1. The minimum absolute atomic E-state index is 0.155. The van der Waals surface area contributed by atoms with E-state index < -0.39 is 16.8 Å². The van der Waals surface area contributed by atoms with Crippen molar-refractivity contribution in [2.75, 3.05) is 18.2 Å². The third-order valence-electron chi connectivity index (χ3n) is 3.45. The Hall–Kier alpha value is -2.67. The second-order valence-corrected chi connectivity index (χ2v) is 6.94. The van der Waals surface area contributed by atoms with Crippen LogP contribution in [0.1, 0.15) is 21.5 Å². The molecule has 1 atom stereocenters. The molecule has 0 aliphatic carbocycles. The molecular weight excluding hydrogens is 342 g/mol. The molecule has 0 fully saturated rings. The molecule has 2 N–H and O–H groups in total. The van der Waals surface area contributed by atoms with Crippen LogP contribution in [0.5, 0.6) is 5.75 Å². The van der Waals surface area contributed by atoms with Gasteiger partial charge in [0.15, 0.2) is 0 Å². The number of carboxylic acid groups (broad SMARTS) is 1.